The molecule has 2 fully saturated rings. The van der Waals surface area contributed by atoms with Gasteiger partial charge in [0.1, 0.15) is 17.3 Å². The van der Waals surface area contributed by atoms with E-state index in [0.717, 1.165) is 45.9 Å². The fraction of sp³-hybridized carbons (Fsp3) is 0.500. The van der Waals surface area contributed by atoms with E-state index in [1.165, 1.54) is 51.4 Å². The maximum absolute atomic E-state index is 15.2. The fourth-order valence-corrected chi connectivity index (χ4v) is 5.77. The zero-order valence-corrected chi connectivity index (χ0v) is 17.6. The highest BCUT2D eigenvalue weighted by Crippen LogP contribution is 2.47. The summed E-state index contributed by atoms with van der Waals surface area (Å²) in [4.78, 5) is 14.1. The van der Waals surface area contributed by atoms with Gasteiger partial charge in [-0.05, 0) is 67.4 Å². The Morgan fingerprint density at radius 1 is 1.00 bits per heavy atom. The Balaban J connectivity index is 1.37. The van der Waals surface area contributed by atoms with E-state index in [9.17, 15) is 0 Å². The van der Waals surface area contributed by atoms with Crippen LogP contribution >= 0.6 is 0 Å². The molecular weight excluding hydrogens is 373 g/mol. The Bertz CT molecular complexity index is 1070. The van der Waals surface area contributed by atoms with E-state index in [2.05, 4.69) is 29.0 Å². The minimum atomic E-state index is -0.192. The molecule has 1 aliphatic heterocycles. The van der Waals surface area contributed by atoms with Crippen LogP contribution in [0.4, 0.5) is 10.1 Å². The van der Waals surface area contributed by atoms with Gasteiger partial charge in [0, 0.05) is 35.7 Å². The summed E-state index contributed by atoms with van der Waals surface area (Å²) in [6.07, 6.45) is 15.1. The standard InChI is InChI=1S/C26H28FN3/c1-15-24(16-6-4-2-3-5-7-16)20-12-18(13-22(27)25(20)29-15)19-10-11-23-21(19)14-28-26(30-23)17-8-9-17/h10,12-14,16-17,24H,2-9,11H2,1H3. The van der Waals surface area contributed by atoms with Gasteiger partial charge in [0.2, 0.25) is 0 Å². The van der Waals surface area contributed by atoms with Crippen LogP contribution in [0.15, 0.2) is 29.4 Å². The topological polar surface area (TPSA) is 38.1 Å². The molecule has 4 heteroatoms. The summed E-state index contributed by atoms with van der Waals surface area (Å²) in [5.41, 5.74) is 6.96. The number of nitrogens with zero attached hydrogens (tertiary/aromatic N) is 3. The molecule has 2 saturated carbocycles. The number of aliphatic imine (C=N–C) groups is 1. The summed E-state index contributed by atoms with van der Waals surface area (Å²) in [6, 6.07) is 3.88. The second-order valence-electron chi connectivity index (χ2n) is 9.56. The van der Waals surface area contributed by atoms with Crippen LogP contribution in [-0.2, 0) is 6.42 Å². The predicted molar refractivity (Wildman–Crippen MR) is 118 cm³/mol. The summed E-state index contributed by atoms with van der Waals surface area (Å²) in [6.45, 7) is 2.09. The first-order valence-electron chi connectivity index (χ1n) is 11.6. The van der Waals surface area contributed by atoms with Gasteiger partial charge in [0.05, 0.1) is 5.69 Å². The van der Waals surface area contributed by atoms with Gasteiger partial charge in [-0.15, -0.1) is 0 Å². The zero-order chi connectivity index (χ0) is 20.2. The summed E-state index contributed by atoms with van der Waals surface area (Å²) in [5.74, 6) is 2.20. The number of aromatic nitrogens is 2. The van der Waals surface area contributed by atoms with Crippen molar-refractivity contribution in [1.82, 2.24) is 9.97 Å². The van der Waals surface area contributed by atoms with E-state index < -0.39 is 0 Å². The molecule has 1 aromatic heterocycles. The summed E-state index contributed by atoms with van der Waals surface area (Å²) in [5, 5.41) is 0. The molecule has 3 aliphatic carbocycles. The molecule has 1 atom stereocenters. The number of halogens is 1. The third kappa shape index (κ3) is 3.03. The number of benzene rings is 1. The lowest BCUT2D eigenvalue weighted by Gasteiger charge is -2.24. The molecule has 6 rings (SSSR count). The first-order valence-corrected chi connectivity index (χ1v) is 11.6. The van der Waals surface area contributed by atoms with Crippen LogP contribution in [0.1, 0.15) is 98.3 Å². The molecule has 1 unspecified atom stereocenters. The molecule has 3 nitrogen and oxygen atoms in total. The number of allylic oxidation sites excluding steroid dienone is 1. The Hall–Kier alpha value is -2.36. The van der Waals surface area contributed by atoms with Gasteiger partial charge in [0.15, 0.2) is 0 Å². The van der Waals surface area contributed by atoms with Gasteiger partial charge in [-0.3, -0.25) is 4.99 Å². The average molecular weight is 402 g/mol. The van der Waals surface area contributed by atoms with E-state index in [0.29, 0.717) is 17.5 Å². The molecule has 30 heavy (non-hydrogen) atoms. The maximum atomic E-state index is 15.2. The van der Waals surface area contributed by atoms with Gasteiger partial charge < -0.3 is 0 Å². The van der Waals surface area contributed by atoms with Crippen molar-refractivity contribution in [3.05, 3.63) is 58.4 Å². The van der Waals surface area contributed by atoms with Crippen LogP contribution in [-0.4, -0.2) is 15.7 Å². The van der Waals surface area contributed by atoms with E-state index in [-0.39, 0.29) is 11.7 Å². The number of hydrogen-bond acceptors (Lipinski definition) is 3. The van der Waals surface area contributed by atoms with Crippen LogP contribution in [0.25, 0.3) is 5.57 Å². The van der Waals surface area contributed by atoms with Gasteiger partial charge in [-0.2, -0.15) is 0 Å². The van der Waals surface area contributed by atoms with Gasteiger partial charge in [-0.25, -0.2) is 14.4 Å². The number of rotatable bonds is 3. The highest BCUT2D eigenvalue weighted by Gasteiger charge is 2.35. The Morgan fingerprint density at radius 3 is 2.57 bits per heavy atom. The molecule has 0 saturated heterocycles. The molecule has 0 N–H and O–H groups in total. The molecule has 2 aromatic rings. The molecule has 0 bridgehead atoms. The van der Waals surface area contributed by atoms with Gasteiger partial charge >= 0.3 is 0 Å². The first-order chi connectivity index (χ1) is 14.7. The molecule has 2 heterocycles. The molecule has 154 valence electrons. The first kappa shape index (κ1) is 18.4. The smallest absolute Gasteiger partial charge is 0.149 e. The average Bonchev–Trinajstić information content (AvgIpc) is 3.49. The quantitative estimate of drug-likeness (QED) is 0.541. The van der Waals surface area contributed by atoms with Crippen molar-refractivity contribution in [2.45, 2.75) is 76.5 Å². The second-order valence-corrected chi connectivity index (χ2v) is 9.56. The molecule has 0 spiro atoms. The molecule has 4 aliphatic rings. The lowest BCUT2D eigenvalue weighted by Crippen LogP contribution is -2.17. The van der Waals surface area contributed by atoms with E-state index in [4.69, 9.17) is 4.98 Å². The third-order valence-corrected chi connectivity index (χ3v) is 7.47. The lowest BCUT2D eigenvalue weighted by atomic mass is 9.79. The van der Waals surface area contributed by atoms with E-state index in [1.54, 1.807) is 6.07 Å². The Morgan fingerprint density at radius 2 is 1.80 bits per heavy atom. The Kier molecular flexibility index (Phi) is 4.36. The molecule has 0 amide bonds. The van der Waals surface area contributed by atoms with Crippen molar-refractivity contribution < 1.29 is 4.39 Å². The van der Waals surface area contributed by atoms with Crippen molar-refractivity contribution in [2.75, 3.05) is 0 Å². The monoisotopic (exact) mass is 401 g/mol. The third-order valence-electron chi connectivity index (χ3n) is 7.47. The van der Waals surface area contributed by atoms with Gasteiger partial charge in [-0.1, -0.05) is 31.8 Å². The number of fused-ring (bicyclic) bond motifs is 2. The minimum Gasteiger partial charge on any atom is -0.254 e. The van der Waals surface area contributed by atoms with Crippen LogP contribution in [0, 0.1) is 11.7 Å². The summed E-state index contributed by atoms with van der Waals surface area (Å²) >= 11 is 0. The predicted octanol–water partition coefficient (Wildman–Crippen LogP) is 6.64. The maximum Gasteiger partial charge on any atom is 0.149 e. The largest absolute Gasteiger partial charge is 0.254 e. The molecule has 1 aromatic carbocycles. The Labute approximate surface area is 177 Å². The zero-order valence-electron chi connectivity index (χ0n) is 17.6. The number of hydrogen-bond donors (Lipinski definition) is 0. The van der Waals surface area contributed by atoms with Crippen molar-refractivity contribution in [3.8, 4) is 0 Å². The molecule has 0 radical (unpaired) electrons. The SMILES string of the molecule is CC1=Nc2c(F)cc(C3=CCc4nc(C5CC5)ncc43)cc2C1C1CCCCCC1. The van der Waals surface area contributed by atoms with Crippen LogP contribution in [0.2, 0.25) is 0 Å². The van der Waals surface area contributed by atoms with Crippen molar-refractivity contribution >= 4 is 17.0 Å². The normalized spacial score (nSPS) is 23.6. The summed E-state index contributed by atoms with van der Waals surface area (Å²) < 4.78 is 15.2. The van der Waals surface area contributed by atoms with Crippen LogP contribution < -0.4 is 0 Å². The van der Waals surface area contributed by atoms with E-state index >= 15 is 4.39 Å². The van der Waals surface area contributed by atoms with Gasteiger partial charge in [0.25, 0.3) is 0 Å². The van der Waals surface area contributed by atoms with E-state index in [1.807, 2.05) is 6.20 Å². The highest BCUT2D eigenvalue weighted by atomic mass is 19.1. The minimum absolute atomic E-state index is 0.192. The van der Waals surface area contributed by atoms with Crippen LogP contribution in [0.3, 0.4) is 0 Å². The van der Waals surface area contributed by atoms with Crippen molar-refractivity contribution in [3.63, 3.8) is 0 Å². The van der Waals surface area contributed by atoms with Crippen molar-refractivity contribution in [1.29, 1.82) is 0 Å². The highest BCUT2D eigenvalue weighted by molar-refractivity contribution is 5.97. The fourth-order valence-electron chi connectivity index (χ4n) is 5.77. The van der Waals surface area contributed by atoms with Crippen molar-refractivity contribution in [2.24, 2.45) is 10.9 Å². The summed E-state index contributed by atoms with van der Waals surface area (Å²) in [7, 11) is 0. The lowest BCUT2D eigenvalue weighted by molar-refractivity contribution is 0.436. The molecular formula is C26H28FN3. The second kappa shape index (κ2) is 7.11. The van der Waals surface area contributed by atoms with Crippen LogP contribution in [0.5, 0.6) is 0 Å².